The van der Waals surface area contributed by atoms with Crippen LogP contribution in [0.5, 0.6) is 0 Å². The lowest BCUT2D eigenvalue weighted by molar-refractivity contribution is -0.167. The molecule has 6 heteroatoms. The second kappa shape index (κ2) is 40.6. The summed E-state index contributed by atoms with van der Waals surface area (Å²) in [5.41, 5.74) is 0. The van der Waals surface area contributed by atoms with Crippen LogP contribution >= 0.6 is 0 Å². The van der Waals surface area contributed by atoms with Gasteiger partial charge >= 0.3 is 17.9 Å². The van der Waals surface area contributed by atoms with E-state index < -0.39 is 6.10 Å². The van der Waals surface area contributed by atoms with Crippen molar-refractivity contribution in [1.29, 1.82) is 0 Å². The molecule has 0 aromatic heterocycles. The van der Waals surface area contributed by atoms with Gasteiger partial charge in [0.25, 0.3) is 0 Å². The van der Waals surface area contributed by atoms with Crippen LogP contribution in [-0.4, -0.2) is 37.2 Å². The minimum atomic E-state index is -0.758. The zero-order chi connectivity index (χ0) is 38.2. The molecule has 1 atom stereocenters. The van der Waals surface area contributed by atoms with Crippen LogP contribution in [0.15, 0.2) is 0 Å². The molecule has 0 aliphatic carbocycles. The molecule has 0 rings (SSSR count). The first-order valence-corrected chi connectivity index (χ1v) is 22.9. The van der Waals surface area contributed by atoms with Gasteiger partial charge in [-0.3, -0.25) is 14.4 Å². The fourth-order valence-electron chi connectivity index (χ4n) is 6.80. The molecule has 0 aromatic carbocycles. The fraction of sp³-hybridized carbons (Fsp3) is 0.935. The zero-order valence-electron chi connectivity index (χ0n) is 35.3. The fourth-order valence-corrected chi connectivity index (χ4v) is 6.80. The number of carbonyl (C=O) groups is 3. The van der Waals surface area contributed by atoms with Crippen LogP contribution in [0.2, 0.25) is 0 Å². The first-order chi connectivity index (χ1) is 25.4. The van der Waals surface area contributed by atoms with Gasteiger partial charge in [0.2, 0.25) is 0 Å². The Morgan fingerprint density at radius 2 is 0.635 bits per heavy atom. The molecule has 0 N–H and O–H groups in total. The molecule has 0 unspecified atom stereocenters. The van der Waals surface area contributed by atoms with Gasteiger partial charge in [0, 0.05) is 19.3 Å². The SMILES string of the molecule is CCCCCCCCCCCCCC(=O)OC[C@@H](COC(=O)CCCCCCCCCCC)OC(=O)CCCCCCCCCCCCCC(C)C. The van der Waals surface area contributed by atoms with Gasteiger partial charge in [-0.05, 0) is 25.2 Å². The van der Waals surface area contributed by atoms with Crippen LogP contribution < -0.4 is 0 Å². The van der Waals surface area contributed by atoms with Crippen molar-refractivity contribution < 1.29 is 28.6 Å². The number of unbranched alkanes of at least 4 members (excludes halogenated alkanes) is 28. The van der Waals surface area contributed by atoms with Crippen molar-refractivity contribution in [3.8, 4) is 0 Å². The topological polar surface area (TPSA) is 78.9 Å². The molecule has 0 amide bonds. The number of hydrogen-bond donors (Lipinski definition) is 0. The Hall–Kier alpha value is -1.59. The first-order valence-electron chi connectivity index (χ1n) is 22.9. The Balaban J connectivity index is 4.31. The van der Waals surface area contributed by atoms with Gasteiger partial charge in [-0.25, -0.2) is 0 Å². The van der Waals surface area contributed by atoms with Crippen molar-refractivity contribution in [2.24, 2.45) is 5.92 Å². The van der Waals surface area contributed by atoms with Gasteiger partial charge in [-0.15, -0.1) is 0 Å². The summed E-state index contributed by atoms with van der Waals surface area (Å²) in [6.07, 6.45) is 39.4. The Kier molecular flexibility index (Phi) is 39.4. The van der Waals surface area contributed by atoms with Gasteiger partial charge in [-0.1, -0.05) is 214 Å². The second-order valence-corrected chi connectivity index (χ2v) is 16.2. The number of carbonyl (C=O) groups excluding carboxylic acids is 3. The molecular weight excluding hydrogens is 648 g/mol. The molecule has 0 aliphatic rings. The van der Waals surface area contributed by atoms with Gasteiger partial charge in [0.15, 0.2) is 6.10 Å². The maximum absolute atomic E-state index is 12.7. The maximum atomic E-state index is 12.7. The average Bonchev–Trinajstić information content (AvgIpc) is 3.12. The number of esters is 3. The standard InChI is InChI=1S/C46H88O6/c1-5-7-9-11-13-15-17-22-26-30-34-38-45(48)51-41-43(40-50-44(47)37-33-29-25-20-14-12-10-8-6-2)52-46(49)39-35-31-27-23-19-16-18-21-24-28-32-36-42(3)4/h42-43H,5-41H2,1-4H3/t43-/m1/s1. The summed E-state index contributed by atoms with van der Waals surface area (Å²) in [6.45, 7) is 8.97. The molecule has 6 nitrogen and oxygen atoms in total. The average molecular weight is 737 g/mol. The van der Waals surface area contributed by atoms with Crippen molar-refractivity contribution in [1.82, 2.24) is 0 Å². The molecule has 308 valence electrons. The van der Waals surface area contributed by atoms with E-state index in [-0.39, 0.29) is 31.1 Å². The van der Waals surface area contributed by atoms with Crippen LogP contribution in [0.3, 0.4) is 0 Å². The molecule has 0 saturated carbocycles. The predicted molar refractivity (Wildman–Crippen MR) is 220 cm³/mol. The van der Waals surface area contributed by atoms with Crippen LogP contribution in [0.25, 0.3) is 0 Å². The summed E-state index contributed by atoms with van der Waals surface area (Å²) >= 11 is 0. The lowest BCUT2D eigenvalue weighted by atomic mass is 10.0. The van der Waals surface area contributed by atoms with Gasteiger partial charge in [-0.2, -0.15) is 0 Å². The van der Waals surface area contributed by atoms with E-state index >= 15 is 0 Å². The quantitative estimate of drug-likeness (QED) is 0.0353. The van der Waals surface area contributed by atoms with E-state index in [9.17, 15) is 14.4 Å². The summed E-state index contributed by atoms with van der Waals surface area (Å²) < 4.78 is 16.7. The van der Waals surface area contributed by atoms with Crippen molar-refractivity contribution in [2.75, 3.05) is 13.2 Å². The van der Waals surface area contributed by atoms with E-state index in [2.05, 4.69) is 27.7 Å². The monoisotopic (exact) mass is 737 g/mol. The van der Waals surface area contributed by atoms with Crippen LogP contribution in [0.4, 0.5) is 0 Å². The van der Waals surface area contributed by atoms with Crippen LogP contribution in [0, 0.1) is 5.92 Å². The summed E-state index contributed by atoms with van der Waals surface area (Å²) in [4.78, 5) is 37.6. The molecular formula is C46H88O6. The van der Waals surface area contributed by atoms with E-state index in [4.69, 9.17) is 14.2 Å². The van der Waals surface area contributed by atoms with Gasteiger partial charge < -0.3 is 14.2 Å². The van der Waals surface area contributed by atoms with Crippen LogP contribution in [-0.2, 0) is 28.6 Å². The number of hydrogen-bond acceptors (Lipinski definition) is 6. The van der Waals surface area contributed by atoms with E-state index in [0.29, 0.717) is 19.3 Å². The normalized spacial score (nSPS) is 11.9. The minimum absolute atomic E-state index is 0.0638. The summed E-state index contributed by atoms with van der Waals surface area (Å²) in [5.74, 6) is -0.0316. The number of ether oxygens (including phenoxy) is 3. The number of rotatable bonds is 41. The summed E-state index contributed by atoms with van der Waals surface area (Å²) in [5, 5.41) is 0. The van der Waals surface area contributed by atoms with E-state index in [1.165, 1.54) is 148 Å². The molecule has 0 radical (unpaired) electrons. The van der Waals surface area contributed by atoms with Crippen molar-refractivity contribution in [2.45, 2.75) is 259 Å². The highest BCUT2D eigenvalue weighted by Gasteiger charge is 2.19. The molecule has 0 fully saturated rings. The highest BCUT2D eigenvalue weighted by atomic mass is 16.6. The smallest absolute Gasteiger partial charge is 0.306 e. The Morgan fingerprint density at radius 3 is 0.942 bits per heavy atom. The highest BCUT2D eigenvalue weighted by Crippen LogP contribution is 2.16. The Morgan fingerprint density at radius 1 is 0.365 bits per heavy atom. The molecule has 0 spiro atoms. The summed E-state index contributed by atoms with van der Waals surface area (Å²) in [6, 6.07) is 0. The molecule has 0 aliphatic heterocycles. The maximum Gasteiger partial charge on any atom is 0.306 e. The molecule has 0 bridgehead atoms. The van der Waals surface area contributed by atoms with Gasteiger partial charge in [0.1, 0.15) is 13.2 Å². The zero-order valence-corrected chi connectivity index (χ0v) is 35.3. The predicted octanol–water partition coefficient (Wildman–Crippen LogP) is 14.3. The second-order valence-electron chi connectivity index (χ2n) is 16.2. The lowest BCUT2D eigenvalue weighted by Gasteiger charge is -2.18. The van der Waals surface area contributed by atoms with Crippen molar-refractivity contribution >= 4 is 17.9 Å². The van der Waals surface area contributed by atoms with Gasteiger partial charge in [0.05, 0.1) is 0 Å². The largest absolute Gasteiger partial charge is 0.462 e. The Labute approximate surface area is 323 Å². The molecule has 0 heterocycles. The Bertz CT molecular complexity index is 781. The van der Waals surface area contributed by atoms with Crippen LogP contribution in [0.1, 0.15) is 252 Å². The molecule has 52 heavy (non-hydrogen) atoms. The third-order valence-electron chi connectivity index (χ3n) is 10.3. The van der Waals surface area contributed by atoms with Crippen molar-refractivity contribution in [3.05, 3.63) is 0 Å². The first kappa shape index (κ1) is 50.4. The van der Waals surface area contributed by atoms with E-state index in [1.54, 1.807) is 0 Å². The summed E-state index contributed by atoms with van der Waals surface area (Å²) in [7, 11) is 0. The lowest BCUT2D eigenvalue weighted by Crippen LogP contribution is -2.30. The third kappa shape index (κ3) is 39.6. The molecule has 0 aromatic rings. The highest BCUT2D eigenvalue weighted by molar-refractivity contribution is 5.71. The minimum Gasteiger partial charge on any atom is -0.462 e. The van der Waals surface area contributed by atoms with Crippen molar-refractivity contribution in [3.63, 3.8) is 0 Å². The third-order valence-corrected chi connectivity index (χ3v) is 10.3. The van der Waals surface area contributed by atoms with E-state index in [1.807, 2.05) is 0 Å². The van der Waals surface area contributed by atoms with E-state index in [0.717, 1.165) is 63.7 Å². The molecule has 0 saturated heterocycles.